The van der Waals surface area contributed by atoms with E-state index in [0.29, 0.717) is 19.3 Å². The number of nitrogens with one attached hydrogen (secondary N) is 1. The summed E-state index contributed by atoms with van der Waals surface area (Å²) in [5.41, 5.74) is 0. The Kier molecular flexibility index (Phi) is 51.9. The highest BCUT2D eigenvalue weighted by molar-refractivity contribution is 5.77. The molecule has 0 aliphatic carbocycles. The fraction of sp³-hybridized carbons (Fsp3) is 0.898. The van der Waals surface area contributed by atoms with E-state index in [0.717, 1.165) is 57.8 Å². The Hall–Kier alpha value is -1.66. The maximum atomic E-state index is 13.3. The number of aliphatic hydroxyl groups excluding tert-OH is 2. The van der Waals surface area contributed by atoms with Crippen LogP contribution < -0.4 is 5.32 Å². The van der Waals surface area contributed by atoms with Crippen LogP contribution in [0.15, 0.2) is 24.3 Å². The minimum atomic E-state index is -0.785. The second-order valence-electron chi connectivity index (χ2n) is 20.1. The van der Waals surface area contributed by atoms with Gasteiger partial charge in [-0.25, -0.2) is 0 Å². The van der Waals surface area contributed by atoms with Gasteiger partial charge in [-0.3, -0.25) is 9.59 Å². The predicted octanol–water partition coefficient (Wildman–Crippen LogP) is 17.9. The predicted molar refractivity (Wildman–Crippen MR) is 283 cm³/mol. The van der Waals surface area contributed by atoms with Crippen molar-refractivity contribution in [2.24, 2.45) is 0 Å². The minimum Gasteiger partial charge on any atom is -0.462 e. The van der Waals surface area contributed by atoms with Gasteiger partial charge in [-0.1, -0.05) is 270 Å². The summed E-state index contributed by atoms with van der Waals surface area (Å²) in [5.74, 6) is -0.462. The molecule has 3 N–H and O–H groups in total. The summed E-state index contributed by atoms with van der Waals surface area (Å²) >= 11 is 0. The van der Waals surface area contributed by atoms with Crippen LogP contribution >= 0.6 is 0 Å². The first-order chi connectivity index (χ1) is 32.0. The van der Waals surface area contributed by atoms with Crippen molar-refractivity contribution in [2.45, 2.75) is 334 Å². The topological polar surface area (TPSA) is 95.9 Å². The molecule has 0 saturated heterocycles. The lowest BCUT2D eigenvalue weighted by Gasteiger charge is -2.24. The summed E-state index contributed by atoms with van der Waals surface area (Å²) < 4.78 is 5.96. The molecule has 0 rings (SSSR count). The summed E-state index contributed by atoms with van der Waals surface area (Å²) in [6.07, 6.45) is 62.4. The number of amides is 1. The van der Waals surface area contributed by atoms with Gasteiger partial charge < -0.3 is 20.3 Å². The standard InChI is InChI=1S/C59H113NO5/c1-4-7-10-13-16-19-22-25-28-29-31-34-37-40-43-46-49-52-59(64)65-55(50-47-44-41-38-35-32-27-24-21-18-15-12-9-6-3)53-58(63)60-56(54-61)57(62)51-48-45-42-39-36-33-30-26-23-20-17-14-11-8-5-2/h16,19,25,28,55-57,61-62H,4-15,17-18,20-24,26-27,29-54H2,1-3H3,(H,60,63)/b19-16-,28-25-. The van der Waals surface area contributed by atoms with E-state index in [9.17, 15) is 19.8 Å². The smallest absolute Gasteiger partial charge is 0.306 e. The molecule has 65 heavy (non-hydrogen) atoms. The van der Waals surface area contributed by atoms with Gasteiger partial charge in [-0.15, -0.1) is 0 Å². The molecule has 0 aromatic carbocycles. The number of hydrogen-bond donors (Lipinski definition) is 3. The Morgan fingerprint density at radius 2 is 0.785 bits per heavy atom. The number of ether oxygens (including phenoxy) is 1. The average molecular weight is 917 g/mol. The highest BCUT2D eigenvalue weighted by Crippen LogP contribution is 2.19. The molecule has 6 nitrogen and oxygen atoms in total. The summed E-state index contributed by atoms with van der Waals surface area (Å²) in [5, 5.41) is 23.9. The summed E-state index contributed by atoms with van der Waals surface area (Å²) in [7, 11) is 0. The molecule has 1 amide bonds. The molecule has 0 bridgehead atoms. The van der Waals surface area contributed by atoms with E-state index in [2.05, 4.69) is 50.4 Å². The monoisotopic (exact) mass is 916 g/mol. The largest absolute Gasteiger partial charge is 0.462 e. The van der Waals surface area contributed by atoms with Gasteiger partial charge in [0.05, 0.1) is 25.2 Å². The van der Waals surface area contributed by atoms with Crippen molar-refractivity contribution in [1.82, 2.24) is 5.32 Å². The number of carbonyl (C=O) groups excluding carboxylic acids is 2. The van der Waals surface area contributed by atoms with Gasteiger partial charge in [0.2, 0.25) is 5.91 Å². The van der Waals surface area contributed by atoms with Gasteiger partial charge in [0.25, 0.3) is 0 Å². The summed E-state index contributed by atoms with van der Waals surface area (Å²) in [6, 6.07) is -0.699. The van der Waals surface area contributed by atoms with E-state index in [1.807, 2.05) is 0 Å². The second kappa shape index (κ2) is 53.3. The van der Waals surface area contributed by atoms with Crippen LogP contribution in [0.25, 0.3) is 0 Å². The van der Waals surface area contributed by atoms with E-state index < -0.39 is 18.2 Å². The van der Waals surface area contributed by atoms with E-state index in [4.69, 9.17) is 4.74 Å². The van der Waals surface area contributed by atoms with E-state index in [-0.39, 0.29) is 24.9 Å². The van der Waals surface area contributed by atoms with Crippen LogP contribution in [0, 0.1) is 0 Å². The molecule has 0 radical (unpaired) electrons. The molecular weight excluding hydrogens is 803 g/mol. The zero-order valence-corrected chi connectivity index (χ0v) is 43.9. The van der Waals surface area contributed by atoms with Gasteiger partial charge >= 0.3 is 5.97 Å². The lowest BCUT2D eigenvalue weighted by molar-refractivity contribution is -0.151. The van der Waals surface area contributed by atoms with Crippen molar-refractivity contribution in [2.75, 3.05) is 6.61 Å². The molecule has 0 fully saturated rings. The number of allylic oxidation sites excluding steroid dienone is 4. The van der Waals surface area contributed by atoms with Crippen molar-refractivity contribution < 1.29 is 24.5 Å². The average Bonchev–Trinajstić information content (AvgIpc) is 3.30. The van der Waals surface area contributed by atoms with Crippen LogP contribution in [-0.4, -0.2) is 46.9 Å². The fourth-order valence-electron chi connectivity index (χ4n) is 9.11. The molecule has 0 aliphatic heterocycles. The zero-order chi connectivity index (χ0) is 47.4. The number of rotatable bonds is 53. The molecule has 0 spiro atoms. The zero-order valence-electron chi connectivity index (χ0n) is 43.9. The molecule has 0 aliphatic rings. The van der Waals surface area contributed by atoms with Crippen molar-refractivity contribution >= 4 is 11.9 Å². The number of aliphatic hydroxyl groups is 2. The third-order valence-corrected chi connectivity index (χ3v) is 13.5. The maximum absolute atomic E-state index is 13.3. The first kappa shape index (κ1) is 63.3. The number of carbonyl (C=O) groups is 2. The molecule has 6 heteroatoms. The van der Waals surface area contributed by atoms with Gasteiger partial charge in [0.15, 0.2) is 0 Å². The van der Waals surface area contributed by atoms with Gasteiger partial charge in [-0.05, 0) is 57.8 Å². The molecule has 3 unspecified atom stereocenters. The molecular formula is C59H113NO5. The van der Waals surface area contributed by atoms with Crippen LogP contribution in [0.2, 0.25) is 0 Å². The summed E-state index contributed by atoms with van der Waals surface area (Å²) in [4.78, 5) is 26.3. The van der Waals surface area contributed by atoms with Crippen molar-refractivity contribution in [3.05, 3.63) is 24.3 Å². The third kappa shape index (κ3) is 48.6. The normalized spacial score (nSPS) is 13.2. The molecule has 0 heterocycles. The van der Waals surface area contributed by atoms with E-state index in [1.165, 1.54) is 212 Å². The lowest BCUT2D eigenvalue weighted by Crippen LogP contribution is -2.46. The quantitative estimate of drug-likeness (QED) is 0.0321. The second-order valence-corrected chi connectivity index (χ2v) is 20.1. The van der Waals surface area contributed by atoms with Crippen LogP contribution in [0.5, 0.6) is 0 Å². The lowest BCUT2D eigenvalue weighted by atomic mass is 10.0. The Balaban J connectivity index is 4.51. The Labute approximate surface area is 405 Å². The van der Waals surface area contributed by atoms with E-state index in [1.54, 1.807) is 0 Å². The van der Waals surface area contributed by atoms with Gasteiger partial charge in [-0.2, -0.15) is 0 Å². The van der Waals surface area contributed by atoms with Gasteiger partial charge in [0, 0.05) is 6.42 Å². The molecule has 0 aromatic heterocycles. The summed E-state index contributed by atoms with van der Waals surface area (Å²) in [6.45, 7) is 6.50. The molecule has 3 atom stereocenters. The highest BCUT2D eigenvalue weighted by atomic mass is 16.5. The highest BCUT2D eigenvalue weighted by Gasteiger charge is 2.24. The van der Waals surface area contributed by atoms with Gasteiger partial charge in [0.1, 0.15) is 6.10 Å². The number of esters is 1. The Morgan fingerprint density at radius 1 is 0.446 bits per heavy atom. The van der Waals surface area contributed by atoms with Crippen molar-refractivity contribution in [1.29, 1.82) is 0 Å². The van der Waals surface area contributed by atoms with Crippen LogP contribution in [0.4, 0.5) is 0 Å². The first-order valence-electron chi connectivity index (χ1n) is 29.1. The van der Waals surface area contributed by atoms with Crippen LogP contribution in [0.3, 0.4) is 0 Å². The van der Waals surface area contributed by atoms with Crippen LogP contribution in [0.1, 0.15) is 316 Å². The Morgan fingerprint density at radius 3 is 1.20 bits per heavy atom. The molecule has 0 saturated carbocycles. The fourth-order valence-corrected chi connectivity index (χ4v) is 9.11. The molecule has 0 aromatic rings. The maximum Gasteiger partial charge on any atom is 0.306 e. The third-order valence-electron chi connectivity index (χ3n) is 13.5. The SMILES string of the molecule is CCCCC/C=C\C/C=C\CCCCCCCCCC(=O)OC(CCCCCCCCCCCCCCCC)CC(=O)NC(CO)C(O)CCCCCCCCCCCCCCCCC. The van der Waals surface area contributed by atoms with E-state index >= 15 is 0 Å². The van der Waals surface area contributed by atoms with Crippen molar-refractivity contribution in [3.63, 3.8) is 0 Å². The Bertz CT molecular complexity index is 1030. The number of hydrogen-bond acceptors (Lipinski definition) is 5. The first-order valence-corrected chi connectivity index (χ1v) is 29.1. The minimum absolute atomic E-state index is 0.0807. The number of unbranched alkanes of at least 4 members (excludes halogenated alkanes) is 37. The van der Waals surface area contributed by atoms with Crippen LogP contribution in [-0.2, 0) is 14.3 Å². The van der Waals surface area contributed by atoms with Crippen molar-refractivity contribution in [3.8, 4) is 0 Å². The molecule has 384 valence electrons.